The standard InChI is InChI=1S/C27H37N3O6/c1-27(2)20(11-21-13-24(36-28-21)14-29-6-9-33-10-7-29)12-26(27)30(15-22-3-4-23(18-32)35-22)16-25-19(17-31)5-8-34-25/h3-5,8,13,20,26,31-32H,6-7,9-12,14-18H2,1-2H3/t20-,26+/m1/s1. The van der Waals surface area contributed by atoms with Gasteiger partial charge in [0.1, 0.15) is 23.9 Å². The fourth-order valence-corrected chi connectivity index (χ4v) is 5.61. The molecule has 1 saturated heterocycles. The van der Waals surface area contributed by atoms with Crippen LogP contribution in [0.3, 0.4) is 0 Å². The number of aromatic nitrogens is 1. The van der Waals surface area contributed by atoms with Crippen molar-refractivity contribution >= 4 is 0 Å². The number of hydrogen-bond acceptors (Lipinski definition) is 9. The number of aliphatic hydroxyl groups excluding tert-OH is 2. The summed E-state index contributed by atoms with van der Waals surface area (Å²) in [5.41, 5.74) is 1.84. The second kappa shape index (κ2) is 10.9. The molecule has 36 heavy (non-hydrogen) atoms. The third-order valence-corrected chi connectivity index (χ3v) is 7.99. The van der Waals surface area contributed by atoms with Crippen molar-refractivity contribution in [1.29, 1.82) is 0 Å². The zero-order valence-electron chi connectivity index (χ0n) is 21.2. The Bertz CT molecular complexity index is 1110. The summed E-state index contributed by atoms with van der Waals surface area (Å²) in [6.45, 7) is 9.79. The number of ether oxygens (including phenoxy) is 1. The van der Waals surface area contributed by atoms with Gasteiger partial charge in [-0.1, -0.05) is 19.0 Å². The molecule has 5 rings (SSSR count). The molecule has 3 aromatic rings. The molecule has 1 saturated carbocycles. The molecule has 1 aliphatic carbocycles. The molecule has 0 spiro atoms. The molecular weight excluding hydrogens is 462 g/mol. The van der Waals surface area contributed by atoms with Gasteiger partial charge in [0.2, 0.25) is 0 Å². The van der Waals surface area contributed by atoms with Gasteiger partial charge in [-0.15, -0.1) is 0 Å². The summed E-state index contributed by atoms with van der Waals surface area (Å²) in [6.07, 6.45) is 3.52. The number of hydrogen-bond donors (Lipinski definition) is 2. The van der Waals surface area contributed by atoms with Gasteiger partial charge >= 0.3 is 0 Å². The van der Waals surface area contributed by atoms with Crippen molar-refractivity contribution in [2.75, 3.05) is 26.3 Å². The molecule has 0 unspecified atom stereocenters. The van der Waals surface area contributed by atoms with Gasteiger partial charge in [-0.3, -0.25) is 9.80 Å². The van der Waals surface area contributed by atoms with Crippen molar-refractivity contribution in [3.8, 4) is 0 Å². The largest absolute Gasteiger partial charge is 0.468 e. The third-order valence-electron chi connectivity index (χ3n) is 7.99. The number of furan rings is 2. The summed E-state index contributed by atoms with van der Waals surface area (Å²) in [6, 6.07) is 7.95. The average molecular weight is 500 g/mol. The van der Waals surface area contributed by atoms with E-state index in [9.17, 15) is 10.2 Å². The Morgan fingerprint density at radius 2 is 1.86 bits per heavy atom. The van der Waals surface area contributed by atoms with E-state index in [0.717, 1.165) is 74.2 Å². The minimum absolute atomic E-state index is 0.0295. The van der Waals surface area contributed by atoms with Gasteiger partial charge in [0.15, 0.2) is 5.76 Å². The van der Waals surface area contributed by atoms with E-state index in [-0.39, 0.29) is 18.6 Å². The van der Waals surface area contributed by atoms with E-state index in [1.54, 1.807) is 6.26 Å². The van der Waals surface area contributed by atoms with Crippen LogP contribution in [0.1, 0.15) is 54.6 Å². The van der Waals surface area contributed by atoms with E-state index in [1.807, 2.05) is 18.2 Å². The molecule has 9 heteroatoms. The maximum atomic E-state index is 9.72. The minimum atomic E-state index is -0.116. The molecular formula is C27H37N3O6. The first kappa shape index (κ1) is 25.2. The molecule has 0 aromatic carbocycles. The maximum absolute atomic E-state index is 9.72. The van der Waals surface area contributed by atoms with Gasteiger partial charge in [0.05, 0.1) is 51.4 Å². The number of rotatable bonds is 11. The van der Waals surface area contributed by atoms with E-state index >= 15 is 0 Å². The Morgan fingerprint density at radius 3 is 2.58 bits per heavy atom. The Hall–Kier alpha value is -2.43. The highest BCUT2D eigenvalue weighted by atomic mass is 16.5. The number of morpholine rings is 1. The van der Waals surface area contributed by atoms with Gasteiger partial charge in [-0.05, 0) is 42.4 Å². The second-order valence-electron chi connectivity index (χ2n) is 10.6. The number of aliphatic hydroxyl groups is 2. The quantitative estimate of drug-likeness (QED) is 0.411. The molecule has 1 aliphatic heterocycles. The zero-order valence-corrected chi connectivity index (χ0v) is 21.2. The van der Waals surface area contributed by atoms with Crippen LogP contribution >= 0.6 is 0 Å². The lowest BCUT2D eigenvalue weighted by molar-refractivity contribution is -0.0754. The van der Waals surface area contributed by atoms with E-state index < -0.39 is 0 Å². The molecule has 2 aliphatic rings. The van der Waals surface area contributed by atoms with Crippen LogP contribution < -0.4 is 0 Å². The van der Waals surface area contributed by atoms with Crippen LogP contribution in [0.5, 0.6) is 0 Å². The van der Waals surface area contributed by atoms with Crippen LogP contribution in [-0.2, 0) is 44.0 Å². The first-order valence-corrected chi connectivity index (χ1v) is 12.8. The summed E-state index contributed by atoms with van der Waals surface area (Å²) < 4.78 is 22.6. The highest BCUT2D eigenvalue weighted by Crippen LogP contribution is 2.51. The first-order chi connectivity index (χ1) is 17.5. The molecule has 0 amide bonds. The van der Waals surface area contributed by atoms with E-state index in [2.05, 4.69) is 34.9 Å². The van der Waals surface area contributed by atoms with Gasteiger partial charge < -0.3 is 28.3 Å². The van der Waals surface area contributed by atoms with Crippen molar-refractivity contribution < 1.29 is 28.3 Å². The van der Waals surface area contributed by atoms with Crippen LogP contribution in [0.2, 0.25) is 0 Å². The maximum Gasteiger partial charge on any atom is 0.150 e. The Kier molecular flexibility index (Phi) is 7.64. The van der Waals surface area contributed by atoms with Crippen molar-refractivity contribution in [3.05, 3.63) is 64.8 Å². The zero-order chi connectivity index (χ0) is 25.1. The summed E-state index contributed by atoms with van der Waals surface area (Å²) >= 11 is 0. The van der Waals surface area contributed by atoms with E-state index in [1.165, 1.54) is 0 Å². The fourth-order valence-electron chi connectivity index (χ4n) is 5.61. The lowest BCUT2D eigenvalue weighted by atomic mass is 9.56. The van der Waals surface area contributed by atoms with Crippen molar-refractivity contribution in [2.45, 2.75) is 65.6 Å². The molecule has 0 bridgehead atoms. The lowest BCUT2D eigenvalue weighted by Crippen LogP contribution is -2.58. The van der Waals surface area contributed by atoms with Crippen LogP contribution in [-0.4, -0.2) is 57.5 Å². The summed E-state index contributed by atoms with van der Waals surface area (Å²) in [7, 11) is 0. The first-order valence-electron chi connectivity index (χ1n) is 12.8. The third kappa shape index (κ3) is 5.45. The number of nitrogens with zero attached hydrogens (tertiary/aromatic N) is 3. The van der Waals surface area contributed by atoms with Crippen LogP contribution in [0.4, 0.5) is 0 Å². The monoisotopic (exact) mass is 499 g/mol. The minimum Gasteiger partial charge on any atom is -0.468 e. The summed E-state index contributed by atoms with van der Waals surface area (Å²) in [5.74, 6) is 3.51. The molecule has 4 heterocycles. The van der Waals surface area contributed by atoms with Gasteiger partial charge in [-0.25, -0.2) is 0 Å². The molecule has 9 nitrogen and oxygen atoms in total. The second-order valence-corrected chi connectivity index (χ2v) is 10.6. The normalized spacial score (nSPS) is 22.2. The molecule has 3 aromatic heterocycles. The van der Waals surface area contributed by atoms with Crippen molar-refractivity contribution in [3.63, 3.8) is 0 Å². The molecule has 2 N–H and O–H groups in total. The average Bonchev–Trinajstić information content (AvgIpc) is 3.63. The Labute approximate surface area is 211 Å². The van der Waals surface area contributed by atoms with Crippen LogP contribution in [0.15, 0.2) is 43.9 Å². The van der Waals surface area contributed by atoms with Gasteiger partial charge in [-0.2, -0.15) is 0 Å². The van der Waals surface area contributed by atoms with Crippen molar-refractivity contribution in [1.82, 2.24) is 15.0 Å². The Balaban J connectivity index is 1.25. The van der Waals surface area contributed by atoms with Gasteiger partial charge in [0, 0.05) is 30.8 Å². The smallest absolute Gasteiger partial charge is 0.150 e. The van der Waals surface area contributed by atoms with Gasteiger partial charge in [0.25, 0.3) is 0 Å². The fraction of sp³-hybridized carbons (Fsp3) is 0.593. The molecule has 2 atom stereocenters. The lowest BCUT2D eigenvalue weighted by Gasteiger charge is -2.56. The predicted molar refractivity (Wildman–Crippen MR) is 130 cm³/mol. The molecule has 2 fully saturated rings. The van der Waals surface area contributed by atoms with E-state index in [0.29, 0.717) is 30.8 Å². The van der Waals surface area contributed by atoms with Crippen molar-refractivity contribution in [2.24, 2.45) is 11.3 Å². The summed E-state index contributed by atoms with van der Waals surface area (Å²) in [4.78, 5) is 4.70. The molecule has 196 valence electrons. The Morgan fingerprint density at radius 1 is 1.06 bits per heavy atom. The highest BCUT2D eigenvalue weighted by molar-refractivity contribution is 5.18. The van der Waals surface area contributed by atoms with Crippen LogP contribution in [0.25, 0.3) is 0 Å². The summed E-state index contributed by atoms with van der Waals surface area (Å²) in [5, 5.41) is 23.5. The topological polar surface area (TPSA) is 108 Å². The highest BCUT2D eigenvalue weighted by Gasteiger charge is 2.51. The molecule has 0 radical (unpaired) electrons. The SMILES string of the molecule is CC1(C)[C@H](Cc2cc(CN3CCOCC3)on2)C[C@@H]1N(Cc1ccc(CO)o1)Cc1occc1CO. The van der Waals surface area contributed by atoms with E-state index in [4.69, 9.17) is 18.1 Å². The van der Waals surface area contributed by atoms with Crippen LogP contribution in [0, 0.1) is 11.3 Å². The predicted octanol–water partition coefficient (Wildman–Crippen LogP) is 3.34.